The Hall–Kier alpha value is -3.92. The summed E-state index contributed by atoms with van der Waals surface area (Å²) in [5, 5.41) is 13.5. The number of pyridine rings is 1. The van der Waals surface area contributed by atoms with E-state index in [1.165, 1.54) is 12.8 Å². The molecule has 2 aromatic heterocycles. The second kappa shape index (κ2) is 11.0. The number of rotatable bonds is 10. The van der Waals surface area contributed by atoms with Crippen LogP contribution in [-0.4, -0.2) is 51.4 Å². The molecule has 194 valence electrons. The molecule has 10 nitrogen and oxygen atoms in total. The Morgan fingerprint density at radius 1 is 0.946 bits per heavy atom. The number of hydrogen-bond donors (Lipinski definition) is 1. The maximum atomic E-state index is 13.1. The molecule has 1 N–H and O–H groups in total. The Kier molecular flexibility index (Phi) is 7.36. The minimum atomic E-state index is -0.144. The van der Waals surface area contributed by atoms with Crippen LogP contribution in [0.2, 0.25) is 0 Å². The summed E-state index contributed by atoms with van der Waals surface area (Å²) in [7, 11) is 4.83. The van der Waals surface area contributed by atoms with Crippen molar-refractivity contribution in [2.24, 2.45) is 0 Å². The third-order valence-electron chi connectivity index (χ3n) is 6.98. The van der Waals surface area contributed by atoms with Crippen LogP contribution in [0.25, 0.3) is 10.9 Å². The van der Waals surface area contributed by atoms with Gasteiger partial charge < -0.3 is 19.2 Å². The van der Waals surface area contributed by atoms with Crippen LogP contribution in [-0.2, 0) is 19.6 Å². The molecule has 0 bridgehead atoms. The molecule has 0 aliphatic heterocycles. The van der Waals surface area contributed by atoms with E-state index in [0.29, 0.717) is 48.3 Å². The lowest BCUT2D eigenvalue weighted by Crippen LogP contribution is -2.28. The lowest BCUT2D eigenvalue weighted by atomic mass is 10.1. The molecular weight excluding hydrogens is 472 g/mol. The van der Waals surface area contributed by atoms with E-state index in [9.17, 15) is 4.79 Å². The third kappa shape index (κ3) is 5.43. The van der Waals surface area contributed by atoms with Gasteiger partial charge in [-0.3, -0.25) is 9.69 Å². The number of hydrogen-bond acceptors (Lipinski definition) is 8. The molecule has 0 atom stereocenters. The number of fused-ring (bicyclic) bond motifs is 1. The highest BCUT2D eigenvalue weighted by atomic mass is 16.5. The highest BCUT2D eigenvalue weighted by molar-refractivity contribution is 5.83. The van der Waals surface area contributed by atoms with E-state index in [-0.39, 0.29) is 5.56 Å². The molecule has 0 unspecified atom stereocenters. The first-order valence-electron chi connectivity index (χ1n) is 12.5. The van der Waals surface area contributed by atoms with Crippen molar-refractivity contribution in [2.75, 3.05) is 21.3 Å². The van der Waals surface area contributed by atoms with E-state index >= 15 is 0 Å². The quantitative estimate of drug-likeness (QED) is 0.347. The van der Waals surface area contributed by atoms with Crippen molar-refractivity contribution in [1.29, 1.82) is 0 Å². The average molecular weight is 505 g/mol. The summed E-state index contributed by atoms with van der Waals surface area (Å²) in [6.07, 6.45) is 4.57. The number of H-pyrrole nitrogens is 1. The zero-order chi connectivity index (χ0) is 25.8. The SMILES string of the molecule is COc1ccc(CN(Cc2cc3cc(OC)c(OC)cc3[nH]c2=O)Cc2nnnn2C2CCCC2)cc1. The Morgan fingerprint density at radius 2 is 1.68 bits per heavy atom. The van der Waals surface area contributed by atoms with Gasteiger partial charge in [-0.15, -0.1) is 5.10 Å². The van der Waals surface area contributed by atoms with Gasteiger partial charge in [0.25, 0.3) is 5.56 Å². The van der Waals surface area contributed by atoms with Crippen molar-refractivity contribution in [2.45, 2.75) is 51.4 Å². The summed E-state index contributed by atoms with van der Waals surface area (Å²) in [6.45, 7) is 1.55. The molecule has 5 rings (SSSR count). The maximum Gasteiger partial charge on any atom is 0.252 e. The molecule has 0 radical (unpaired) electrons. The predicted molar refractivity (Wildman–Crippen MR) is 139 cm³/mol. The molecule has 1 fully saturated rings. The molecule has 37 heavy (non-hydrogen) atoms. The molecule has 1 aliphatic rings. The predicted octanol–water partition coefficient (Wildman–Crippen LogP) is 3.86. The van der Waals surface area contributed by atoms with Gasteiger partial charge in [0, 0.05) is 30.1 Å². The largest absolute Gasteiger partial charge is 0.497 e. The molecule has 4 aromatic rings. The summed E-state index contributed by atoms with van der Waals surface area (Å²) >= 11 is 0. The van der Waals surface area contributed by atoms with E-state index in [1.807, 2.05) is 41.1 Å². The van der Waals surface area contributed by atoms with Crippen LogP contribution in [0, 0.1) is 0 Å². The van der Waals surface area contributed by atoms with Gasteiger partial charge >= 0.3 is 0 Å². The fraction of sp³-hybridized carbons (Fsp3) is 0.407. The van der Waals surface area contributed by atoms with Gasteiger partial charge in [0.15, 0.2) is 17.3 Å². The number of benzene rings is 2. The lowest BCUT2D eigenvalue weighted by molar-refractivity contribution is 0.231. The number of ether oxygens (including phenoxy) is 3. The highest BCUT2D eigenvalue weighted by Crippen LogP contribution is 2.32. The lowest BCUT2D eigenvalue weighted by Gasteiger charge is -2.23. The van der Waals surface area contributed by atoms with E-state index in [4.69, 9.17) is 14.2 Å². The van der Waals surface area contributed by atoms with Gasteiger partial charge in [0.1, 0.15) is 5.75 Å². The Labute approximate surface area is 215 Å². The summed E-state index contributed by atoms with van der Waals surface area (Å²) in [4.78, 5) is 18.3. The summed E-state index contributed by atoms with van der Waals surface area (Å²) < 4.78 is 18.1. The van der Waals surface area contributed by atoms with Crippen molar-refractivity contribution < 1.29 is 14.2 Å². The number of nitrogens with one attached hydrogen (secondary N) is 1. The number of methoxy groups -OCH3 is 3. The van der Waals surface area contributed by atoms with Gasteiger partial charge in [0.2, 0.25) is 0 Å². The fourth-order valence-corrected chi connectivity index (χ4v) is 5.04. The van der Waals surface area contributed by atoms with Crippen LogP contribution >= 0.6 is 0 Å². The van der Waals surface area contributed by atoms with Crippen LogP contribution in [0.5, 0.6) is 17.2 Å². The van der Waals surface area contributed by atoms with Crippen LogP contribution < -0.4 is 19.8 Å². The van der Waals surface area contributed by atoms with Crippen LogP contribution in [0.3, 0.4) is 0 Å². The minimum Gasteiger partial charge on any atom is -0.497 e. The van der Waals surface area contributed by atoms with E-state index in [1.54, 1.807) is 27.4 Å². The van der Waals surface area contributed by atoms with Gasteiger partial charge in [-0.1, -0.05) is 25.0 Å². The fourth-order valence-electron chi connectivity index (χ4n) is 5.04. The first kappa shape index (κ1) is 24.8. The van der Waals surface area contributed by atoms with Crippen molar-refractivity contribution in [3.05, 3.63) is 69.8 Å². The molecule has 0 spiro atoms. The number of tetrazole rings is 1. The van der Waals surface area contributed by atoms with Gasteiger partial charge in [-0.25, -0.2) is 4.68 Å². The first-order chi connectivity index (χ1) is 18.1. The summed E-state index contributed by atoms with van der Waals surface area (Å²) in [5.41, 5.74) is 2.30. The molecule has 0 amide bonds. The van der Waals surface area contributed by atoms with Crippen molar-refractivity contribution in [3.8, 4) is 17.2 Å². The molecule has 1 saturated carbocycles. The second-order valence-electron chi connectivity index (χ2n) is 9.39. The van der Waals surface area contributed by atoms with Gasteiger partial charge in [0.05, 0.1) is 39.4 Å². The van der Waals surface area contributed by atoms with E-state index in [2.05, 4.69) is 25.4 Å². The van der Waals surface area contributed by atoms with Gasteiger partial charge in [-0.2, -0.15) is 0 Å². The molecule has 0 saturated heterocycles. The minimum absolute atomic E-state index is 0.144. The summed E-state index contributed by atoms with van der Waals surface area (Å²) in [5.74, 6) is 2.79. The molecular formula is C27H32N6O4. The second-order valence-corrected chi connectivity index (χ2v) is 9.39. The molecule has 2 heterocycles. The van der Waals surface area contributed by atoms with E-state index in [0.717, 1.165) is 35.4 Å². The Morgan fingerprint density at radius 3 is 2.38 bits per heavy atom. The smallest absolute Gasteiger partial charge is 0.252 e. The van der Waals surface area contributed by atoms with E-state index < -0.39 is 0 Å². The maximum absolute atomic E-state index is 13.1. The first-order valence-corrected chi connectivity index (χ1v) is 12.5. The monoisotopic (exact) mass is 504 g/mol. The summed E-state index contributed by atoms with van der Waals surface area (Å²) in [6, 6.07) is 13.9. The number of nitrogens with zero attached hydrogens (tertiary/aromatic N) is 5. The topological polar surface area (TPSA) is 107 Å². The van der Waals surface area contributed by atoms with Crippen LogP contribution in [0.4, 0.5) is 0 Å². The Bertz CT molecular complexity index is 1410. The van der Waals surface area contributed by atoms with Crippen LogP contribution in [0.1, 0.15) is 48.7 Å². The standard InChI is InChI=1S/C27H32N6O4/c1-35-22-10-8-18(9-11-22)15-32(17-26-29-30-31-33(26)21-6-4-5-7-21)16-20-12-19-13-24(36-2)25(37-3)14-23(19)28-27(20)34/h8-14,21H,4-7,15-17H2,1-3H3,(H,28,34). The van der Waals surface area contributed by atoms with Crippen molar-refractivity contribution >= 4 is 10.9 Å². The normalized spacial score (nSPS) is 13.9. The number of aromatic nitrogens is 5. The highest BCUT2D eigenvalue weighted by Gasteiger charge is 2.23. The average Bonchev–Trinajstić information content (AvgIpc) is 3.61. The van der Waals surface area contributed by atoms with Crippen molar-refractivity contribution in [3.63, 3.8) is 0 Å². The zero-order valence-corrected chi connectivity index (χ0v) is 21.4. The zero-order valence-electron chi connectivity index (χ0n) is 21.4. The molecule has 2 aromatic carbocycles. The van der Waals surface area contributed by atoms with Crippen LogP contribution in [0.15, 0.2) is 47.3 Å². The van der Waals surface area contributed by atoms with Gasteiger partial charge in [-0.05, 0) is 53.1 Å². The third-order valence-corrected chi connectivity index (χ3v) is 6.98. The Balaban J connectivity index is 1.47. The number of aromatic amines is 1. The van der Waals surface area contributed by atoms with Crippen molar-refractivity contribution in [1.82, 2.24) is 30.1 Å². The molecule has 10 heteroatoms. The molecule has 1 aliphatic carbocycles.